The van der Waals surface area contributed by atoms with Crippen LogP contribution in [0.3, 0.4) is 0 Å². The molecule has 1 amide bonds. The molecule has 4 aromatic rings. The Labute approximate surface area is 166 Å². The summed E-state index contributed by atoms with van der Waals surface area (Å²) in [7, 11) is 0. The molecule has 6 heteroatoms. The molecule has 0 saturated heterocycles. The smallest absolute Gasteiger partial charge is 0.254 e. The fourth-order valence-corrected chi connectivity index (χ4v) is 3.20. The summed E-state index contributed by atoms with van der Waals surface area (Å²) in [6, 6.07) is 22.3. The average Bonchev–Trinajstić information content (AvgIpc) is 3.10. The maximum absolute atomic E-state index is 13.8. The fourth-order valence-electron chi connectivity index (χ4n) is 3.20. The van der Waals surface area contributed by atoms with Gasteiger partial charge in [0.15, 0.2) is 5.78 Å². The monoisotopic (exact) mass is 387 g/mol. The van der Waals surface area contributed by atoms with Crippen LogP contribution in [-0.2, 0) is 13.1 Å². The Kier molecular flexibility index (Phi) is 5.16. The van der Waals surface area contributed by atoms with E-state index in [0.717, 1.165) is 11.0 Å². The number of aromatic nitrogens is 2. The highest BCUT2D eigenvalue weighted by molar-refractivity contribution is 5.97. The Morgan fingerprint density at radius 2 is 1.59 bits per heavy atom. The minimum atomic E-state index is -0.585. The van der Waals surface area contributed by atoms with Gasteiger partial charge in [-0.3, -0.25) is 9.59 Å². The summed E-state index contributed by atoms with van der Waals surface area (Å²) in [5.41, 5.74) is 2.09. The zero-order valence-corrected chi connectivity index (χ0v) is 15.5. The molecule has 0 fully saturated rings. The van der Waals surface area contributed by atoms with Gasteiger partial charge in [-0.05, 0) is 24.3 Å². The average molecular weight is 387 g/mol. The van der Waals surface area contributed by atoms with E-state index >= 15 is 0 Å². The van der Waals surface area contributed by atoms with Crippen molar-refractivity contribution in [1.82, 2.24) is 14.9 Å². The minimum Gasteiger partial charge on any atom is -0.345 e. The van der Waals surface area contributed by atoms with Crippen LogP contribution in [0.5, 0.6) is 0 Å². The van der Waals surface area contributed by atoms with Crippen LogP contribution in [0.4, 0.5) is 4.39 Å². The number of hydrogen-bond donors (Lipinski definition) is 1. The number of rotatable bonds is 6. The highest BCUT2D eigenvalue weighted by Crippen LogP contribution is 2.17. The first-order valence-electron chi connectivity index (χ1n) is 9.18. The summed E-state index contributed by atoms with van der Waals surface area (Å²) >= 11 is 0. The number of halogens is 1. The van der Waals surface area contributed by atoms with E-state index in [9.17, 15) is 14.0 Å². The first kappa shape index (κ1) is 18.6. The molecule has 0 radical (unpaired) electrons. The van der Waals surface area contributed by atoms with E-state index < -0.39 is 11.7 Å². The number of amides is 1. The first-order chi connectivity index (χ1) is 14.1. The van der Waals surface area contributed by atoms with E-state index in [4.69, 9.17) is 0 Å². The third-order valence-electron chi connectivity index (χ3n) is 4.66. The zero-order valence-electron chi connectivity index (χ0n) is 15.5. The van der Waals surface area contributed by atoms with Crippen LogP contribution in [0, 0.1) is 5.82 Å². The third-order valence-corrected chi connectivity index (χ3v) is 4.66. The summed E-state index contributed by atoms with van der Waals surface area (Å²) < 4.78 is 15.6. The van der Waals surface area contributed by atoms with Gasteiger partial charge in [0.1, 0.15) is 11.6 Å². The molecule has 0 aliphatic carbocycles. The first-order valence-corrected chi connectivity index (χ1v) is 9.18. The molecule has 0 aliphatic heterocycles. The Morgan fingerprint density at radius 1 is 0.897 bits per heavy atom. The van der Waals surface area contributed by atoms with Crippen molar-refractivity contribution >= 4 is 22.7 Å². The summed E-state index contributed by atoms with van der Waals surface area (Å²) in [6.45, 7) is 0.166. The van der Waals surface area contributed by atoms with Crippen molar-refractivity contribution in [3.05, 3.63) is 102 Å². The summed E-state index contributed by atoms with van der Waals surface area (Å²) in [4.78, 5) is 29.6. The number of ketones is 1. The van der Waals surface area contributed by atoms with Gasteiger partial charge < -0.3 is 9.88 Å². The lowest BCUT2D eigenvalue weighted by Crippen LogP contribution is -2.26. The lowest BCUT2D eigenvalue weighted by molar-refractivity contribution is 0.0945. The van der Waals surface area contributed by atoms with E-state index in [0.29, 0.717) is 11.4 Å². The summed E-state index contributed by atoms with van der Waals surface area (Å²) in [6.07, 6.45) is 0. The molecule has 1 aromatic heterocycles. The van der Waals surface area contributed by atoms with Crippen molar-refractivity contribution in [3.63, 3.8) is 0 Å². The maximum atomic E-state index is 13.8. The normalized spacial score (nSPS) is 10.8. The number of carbonyl (C=O) groups is 2. The quantitative estimate of drug-likeness (QED) is 0.509. The van der Waals surface area contributed by atoms with Gasteiger partial charge >= 0.3 is 0 Å². The topological polar surface area (TPSA) is 64.0 Å². The van der Waals surface area contributed by atoms with Gasteiger partial charge in [0.25, 0.3) is 5.91 Å². The van der Waals surface area contributed by atoms with Crippen LogP contribution in [0.15, 0.2) is 78.9 Å². The second kappa shape index (κ2) is 8.06. The van der Waals surface area contributed by atoms with E-state index in [-0.39, 0.29) is 24.4 Å². The molecule has 3 aromatic carbocycles. The number of para-hydroxylation sites is 2. The molecule has 29 heavy (non-hydrogen) atoms. The number of benzene rings is 3. The SMILES string of the molecule is O=C(Cn1c(CNC(=O)c2ccccc2F)nc2ccccc21)c1ccccc1. The zero-order chi connectivity index (χ0) is 20.2. The van der Waals surface area contributed by atoms with Crippen molar-refractivity contribution in [2.75, 3.05) is 0 Å². The summed E-state index contributed by atoms with van der Waals surface area (Å²) in [5, 5.41) is 2.70. The number of nitrogens with zero attached hydrogens (tertiary/aromatic N) is 2. The van der Waals surface area contributed by atoms with Crippen molar-refractivity contribution in [3.8, 4) is 0 Å². The van der Waals surface area contributed by atoms with Gasteiger partial charge in [-0.15, -0.1) is 0 Å². The molecule has 0 saturated carbocycles. The molecule has 1 heterocycles. The number of imidazole rings is 1. The van der Waals surface area contributed by atoms with Crippen molar-refractivity contribution in [1.29, 1.82) is 0 Å². The predicted molar refractivity (Wildman–Crippen MR) is 108 cm³/mol. The molecule has 0 aliphatic rings. The number of carbonyl (C=O) groups excluding carboxylic acids is 2. The van der Waals surface area contributed by atoms with E-state index in [1.54, 1.807) is 22.8 Å². The molecule has 4 rings (SSSR count). The van der Waals surface area contributed by atoms with Gasteiger partial charge in [0.2, 0.25) is 0 Å². The van der Waals surface area contributed by atoms with E-state index in [1.165, 1.54) is 18.2 Å². The van der Waals surface area contributed by atoms with E-state index in [1.807, 2.05) is 42.5 Å². The van der Waals surface area contributed by atoms with Crippen LogP contribution in [-0.4, -0.2) is 21.2 Å². The Balaban J connectivity index is 1.61. The van der Waals surface area contributed by atoms with Gasteiger partial charge in [-0.2, -0.15) is 0 Å². The van der Waals surface area contributed by atoms with Crippen LogP contribution in [0.2, 0.25) is 0 Å². The van der Waals surface area contributed by atoms with Crippen molar-refractivity contribution in [2.45, 2.75) is 13.1 Å². The second-order valence-corrected chi connectivity index (χ2v) is 6.55. The van der Waals surface area contributed by atoms with Crippen LogP contribution < -0.4 is 5.32 Å². The van der Waals surface area contributed by atoms with Crippen LogP contribution >= 0.6 is 0 Å². The number of fused-ring (bicyclic) bond motifs is 1. The van der Waals surface area contributed by atoms with Gasteiger partial charge in [0.05, 0.1) is 29.7 Å². The molecular weight excluding hydrogens is 369 g/mol. The predicted octanol–water partition coefficient (Wildman–Crippen LogP) is 3.99. The Bertz CT molecular complexity index is 1190. The second-order valence-electron chi connectivity index (χ2n) is 6.55. The maximum Gasteiger partial charge on any atom is 0.254 e. The summed E-state index contributed by atoms with van der Waals surface area (Å²) in [5.74, 6) is -0.649. The van der Waals surface area contributed by atoms with Gasteiger partial charge in [-0.25, -0.2) is 9.37 Å². The van der Waals surface area contributed by atoms with Crippen molar-refractivity contribution < 1.29 is 14.0 Å². The number of Topliss-reactive ketones (excluding diaryl/α,β-unsaturated/α-hetero) is 1. The van der Waals surface area contributed by atoms with Crippen LogP contribution in [0.1, 0.15) is 26.5 Å². The largest absolute Gasteiger partial charge is 0.345 e. The molecule has 5 nitrogen and oxygen atoms in total. The minimum absolute atomic E-state index is 0.0319. The number of nitrogens with one attached hydrogen (secondary N) is 1. The third kappa shape index (κ3) is 3.91. The molecule has 0 atom stereocenters. The standard InChI is InChI=1S/C23H18FN3O2/c24-18-11-5-4-10-17(18)23(29)25-14-22-26-19-12-6-7-13-20(19)27(22)15-21(28)16-8-2-1-3-9-16/h1-13H,14-15H2,(H,25,29). The van der Waals surface area contributed by atoms with E-state index in [2.05, 4.69) is 10.3 Å². The highest BCUT2D eigenvalue weighted by atomic mass is 19.1. The molecule has 144 valence electrons. The molecule has 0 spiro atoms. The van der Waals surface area contributed by atoms with Gasteiger partial charge in [-0.1, -0.05) is 54.6 Å². The molecular formula is C23H18FN3O2. The molecule has 1 N–H and O–H groups in total. The lowest BCUT2D eigenvalue weighted by atomic mass is 10.1. The lowest BCUT2D eigenvalue weighted by Gasteiger charge is -2.10. The fraction of sp³-hybridized carbons (Fsp3) is 0.0870. The Hall–Kier alpha value is -3.80. The Morgan fingerprint density at radius 3 is 2.38 bits per heavy atom. The molecule has 0 bridgehead atoms. The number of hydrogen-bond acceptors (Lipinski definition) is 3. The van der Waals surface area contributed by atoms with Crippen molar-refractivity contribution in [2.24, 2.45) is 0 Å². The van der Waals surface area contributed by atoms with Crippen LogP contribution in [0.25, 0.3) is 11.0 Å². The molecule has 0 unspecified atom stereocenters. The highest BCUT2D eigenvalue weighted by Gasteiger charge is 2.16. The van der Waals surface area contributed by atoms with Gasteiger partial charge in [0, 0.05) is 5.56 Å².